The van der Waals surface area contributed by atoms with E-state index in [0.29, 0.717) is 44.1 Å². The van der Waals surface area contributed by atoms with Crippen LogP contribution in [0.3, 0.4) is 0 Å². The fourth-order valence-electron chi connectivity index (χ4n) is 7.27. The van der Waals surface area contributed by atoms with Crippen molar-refractivity contribution < 1.29 is 23.8 Å². The number of nitrogens with zero attached hydrogens (tertiary/aromatic N) is 3. The summed E-state index contributed by atoms with van der Waals surface area (Å²) in [4.78, 5) is 47.7. The summed E-state index contributed by atoms with van der Waals surface area (Å²) in [6.45, 7) is 8.70. The lowest BCUT2D eigenvalue weighted by Gasteiger charge is -2.29. The monoisotopic (exact) mass is 650 g/mol. The van der Waals surface area contributed by atoms with Crippen molar-refractivity contribution in [2.24, 2.45) is 11.8 Å². The first-order valence-corrected chi connectivity index (χ1v) is 16.7. The third kappa shape index (κ3) is 5.71. The summed E-state index contributed by atoms with van der Waals surface area (Å²) in [5.41, 5.74) is -1.28. The van der Waals surface area contributed by atoms with Crippen molar-refractivity contribution >= 4 is 27.5 Å². The van der Waals surface area contributed by atoms with Crippen molar-refractivity contribution in [3.05, 3.63) is 68.7 Å². The van der Waals surface area contributed by atoms with Crippen molar-refractivity contribution in [3.8, 4) is 16.5 Å². The van der Waals surface area contributed by atoms with Crippen molar-refractivity contribution in [3.63, 3.8) is 0 Å². The molecule has 6 rings (SSSR count). The molecule has 2 fully saturated rings. The second-order valence-corrected chi connectivity index (χ2v) is 14.4. The van der Waals surface area contributed by atoms with Gasteiger partial charge in [0.1, 0.15) is 28.5 Å². The molecule has 11 nitrogen and oxygen atoms in total. The molecule has 0 saturated heterocycles. The topological polar surface area (TPSA) is 138 Å². The fourth-order valence-corrected chi connectivity index (χ4v) is 8.51. The number of hydrogen-bond acceptors (Lipinski definition) is 9. The predicted molar refractivity (Wildman–Crippen MR) is 175 cm³/mol. The van der Waals surface area contributed by atoms with Crippen molar-refractivity contribution in [2.75, 3.05) is 7.11 Å². The summed E-state index contributed by atoms with van der Waals surface area (Å²) >= 11 is 1.26. The molecule has 2 aliphatic rings. The number of fused-ring (bicyclic) bond motifs is 2. The van der Waals surface area contributed by atoms with E-state index in [9.17, 15) is 19.5 Å². The summed E-state index contributed by atoms with van der Waals surface area (Å²) in [7, 11) is 1.60. The minimum Gasteiger partial charge on any atom is -0.496 e. The second kappa shape index (κ2) is 12.5. The molecule has 3 unspecified atom stereocenters. The lowest BCUT2D eigenvalue weighted by molar-refractivity contribution is -0.129. The van der Waals surface area contributed by atoms with Crippen LogP contribution in [0.1, 0.15) is 70.6 Å². The third-order valence-corrected chi connectivity index (χ3v) is 10.8. The fraction of sp³-hybridized carbons (Fsp3) is 0.529. The number of aliphatic hydroxyl groups excluding tert-OH is 1. The SMILES string of the molecule is COc1ccccc1C(Cn1c(=O)n(C(C)(C)C(=O)NC(C)C)c(=O)c2c(C)c(-c3ncco3)sc21)OC1C[C@H]2CC(O)C[C@H]2C1. The number of amides is 1. The van der Waals surface area contributed by atoms with Gasteiger partial charge < -0.3 is 24.3 Å². The van der Waals surface area contributed by atoms with Crippen LogP contribution in [0.5, 0.6) is 5.75 Å². The highest BCUT2D eigenvalue weighted by molar-refractivity contribution is 7.22. The van der Waals surface area contributed by atoms with Crippen molar-refractivity contribution in [2.45, 2.75) is 96.7 Å². The molecule has 2 saturated carbocycles. The molecule has 2 aliphatic carbocycles. The van der Waals surface area contributed by atoms with Gasteiger partial charge in [-0.05, 0) is 83.8 Å². The van der Waals surface area contributed by atoms with Gasteiger partial charge in [-0.25, -0.2) is 14.3 Å². The number of carbonyl (C=O) groups is 1. The number of carbonyl (C=O) groups excluding carboxylic acids is 1. The lowest BCUT2D eigenvalue weighted by Crippen LogP contribution is -2.56. The van der Waals surface area contributed by atoms with Crippen LogP contribution in [0.2, 0.25) is 0 Å². The molecule has 1 aromatic carbocycles. The number of aliphatic hydroxyl groups is 1. The van der Waals surface area contributed by atoms with Crippen LogP contribution in [0, 0.1) is 18.8 Å². The normalized spacial score (nSPS) is 22.0. The number of aryl methyl sites for hydroxylation is 1. The first-order valence-electron chi connectivity index (χ1n) is 15.9. The Morgan fingerprint density at radius 3 is 2.50 bits per heavy atom. The number of rotatable bonds is 10. The number of ether oxygens (including phenoxy) is 2. The summed E-state index contributed by atoms with van der Waals surface area (Å²) in [5.74, 6) is 1.33. The van der Waals surface area contributed by atoms with Gasteiger partial charge in [-0.15, -0.1) is 11.3 Å². The molecule has 0 aliphatic heterocycles. The molecule has 46 heavy (non-hydrogen) atoms. The molecule has 12 heteroatoms. The largest absolute Gasteiger partial charge is 0.496 e. The van der Waals surface area contributed by atoms with Gasteiger partial charge in [0.05, 0.1) is 42.3 Å². The minimum absolute atomic E-state index is 0.0668. The number of nitrogens with one attached hydrogen (secondary N) is 1. The lowest BCUT2D eigenvalue weighted by atomic mass is 10.0. The smallest absolute Gasteiger partial charge is 0.333 e. The Kier molecular flexibility index (Phi) is 8.73. The molecular weight excluding hydrogens is 608 g/mol. The Hall–Kier alpha value is -3.74. The highest BCUT2D eigenvalue weighted by atomic mass is 32.1. The van der Waals surface area contributed by atoms with Crippen LogP contribution in [0.25, 0.3) is 21.0 Å². The quantitative estimate of drug-likeness (QED) is 0.251. The minimum atomic E-state index is -1.50. The van der Waals surface area contributed by atoms with Crippen LogP contribution >= 0.6 is 11.3 Å². The van der Waals surface area contributed by atoms with E-state index in [2.05, 4.69) is 10.3 Å². The standard InChI is InChI=1S/C34H42N4O7S/c1-18(2)36-32(41)34(4,5)38-30(40)27-19(3)28(29-35-11-12-44-29)46-31(27)37(33(38)42)17-26(24-9-7-8-10-25(24)43-6)45-23-15-20-13-22(39)14-21(20)16-23/h7-12,18,20-23,26,39H,13-17H2,1-6H3,(H,36,41)/t20-,21+,22?,23?,26?. The number of para-hydroxylation sites is 1. The zero-order chi connectivity index (χ0) is 32.9. The molecule has 0 spiro atoms. The number of thiophene rings is 1. The van der Waals surface area contributed by atoms with E-state index in [0.717, 1.165) is 35.8 Å². The summed E-state index contributed by atoms with van der Waals surface area (Å²) < 4.78 is 20.8. The summed E-state index contributed by atoms with van der Waals surface area (Å²) in [5, 5.41) is 13.4. The van der Waals surface area contributed by atoms with Gasteiger partial charge in [0, 0.05) is 11.6 Å². The van der Waals surface area contributed by atoms with E-state index in [4.69, 9.17) is 13.9 Å². The van der Waals surface area contributed by atoms with Crippen LogP contribution in [-0.4, -0.2) is 50.5 Å². The maximum atomic E-state index is 14.6. The first-order chi connectivity index (χ1) is 21.9. The van der Waals surface area contributed by atoms with Gasteiger partial charge in [0.2, 0.25) is 11.8 Å². The van der Waals surface area contributed by atoms with E-state index in [1.807, 2.05) is 38.1 Å². The van der Waals surface area contributed by atoms with Gasteiger partial charge in [-0.3, -0.25) is 14.2 Å². The van der Waals surface area contributed by atoms with Gasteiger partial charge in [-0.2, -0.15) is 0 Å². The average molecular weight is 651 g/mol. The van der Waals surface area contributed by atoms with Crippen LogP contribution in [0.15, 0.2) is 50.7 Å². The van der Waals surface area contributed by atoms with E-state index in [1.165, 1.54) is 23.8 Å². The number of hydrogen-bond donors (Lipinski definition) is 2. The molecule has 3 aromatic heterocycles. The zero-order valence-electron chi connectivity index (χ0n) is 27.1. The molecule has 246 valence electrons. The Morgan fingerprint density at radius 1 is 1.17 bits per heavy atom. The maximum absolute atomic E-state index is 14.6. The third-order valence-electron chi connectivity index (χ3n) is 9.51. The highest BCUT2D eigenvalue weighted by Crippen LogP contribution is 2.47. The predicted octanol–water partition coefficient (Wildman–Crippen LogP) is 4.76. The number of oxazole rings is 1. The summed E-state index contributed by atoms with van der Waals surface area (Å²) in [6, 6.07) is 7.39. The molecular formula is C34H42N4O7S. The molecule has 5 atom stereocenters. The maximum Gasteiger partial charge on any atom is 0.333 e. The van der Waals surface area contributed by atoms with Gasteiger partial charge in [0.15, 0.2) is 0 Å². The second-order valence-electron chi connectivity index (χ2n) is 13.4. The average Bonchev–Trinajstić information content (AvgIpc) is 3.78. The number of benzene rings is 1. The number of aromatic nitrogens is 3. The van der Waals surface area contributed by atoms with E-state index in [-0.39, 0.29) is 24.8 Å². The molecule has 4 aromatic rings. The van der Waals surface area contributed by atoms with E-state index >= 15 is 0 Å². The van der Waals surface area contributed by atoms with Crippen LogP contribution in [-0.2, 0) is 21.6 Å². The number of methoxy groups -OCH3 is 1. The van der Waals surface area contributed by atoms with E-state index < -0.39 is 28.8 Å². The molecule has 1 amide bonds. The Labute approximate surface area is 271 Å². The Bertz CT molecular complexity index is 1840. The van der Waals surface area contributed by atoms with Gasteiger partial charge >= 0.3 is 5.69 Å². The van der Waals surface area contributed by atoms with Crippen LogP contribution < -0.4 is 21.3 Å². The molecule has 0 radical (unpaired) electrons. The Morgan fingerprint density at radius 2 is 1.87 bits per heavy atom. The van der Waals surface area contributed by atoms with Crippen molar-refractivity contribution in [1.29, 1.82) is 0 Å². The summed E-state index contributed by atoms with van der Waals surface area (Å²) in [6.07, 6.45) is 5.26. The Balaban J connectivity index is 1.52. The van der Waals surface area contributed by atoms with Crippen LogP contribution in [0.4, 0.5) is 0 Å². The molecule has 2 N–H and O–H groups in total. The van der Waals surface area contributed by atoms with Gasteiger partial charge in [0.25, 0.3) is 5.56 Å². The first kappa shape index (κ1) is 32.2. The molecule has 0 bridgehead atoms. The zero-order valence-corrected chi connectivity index (χ0v) is 27.9. The van der Waals surface area contributed by atoms with E-state index in [1.54, 1.807) is 32.4 Å². The van der Waals surface area contributed by atoms with Gasteiger partial charge in [-0.1, -0.05) is 18.2 Å². The highest BCUT2D eigenvalue weighted by Gasteiger charge is 2.43. The molecule has 3 heterocycles. The van der Waals surface area contributed by atoms with Crippen molar-refractivity contribution in [1.82, 2.24) is 19.4 Å².